The molecule has 0 unspecified atom stereocenters. The molecule has 0 atom stereocenters. The maximum absolute atomic E-state index is 11.3. The molecule has 0 aromatic heterocycles. The minimum Gasteiger partial charge on any atom is -0.301 e. The average molecular weight is 204 g/mol. The molecule has 0 spiro atoms. The van der Waals surface area contributed by atoms with Crippen molar-refractivity contribution in [3.63, 3.8) is 0 Å². The lowest BCUT2D eigenvalue weighted by molar-refractivity contribution is 0.279. The fourth-order valence-electron chi connectivity index (χ4n) is 1.43. The lowest BCUT2D eigenvalue weighted by atomic mass is 10.1. The minimum atomic E-state index is -2.20. The van der Waals surface area contributed by atoms with Gasteiger partial charge >= 0.3 is 0 Å². The molecular formula is C9H20N2OS. The molecular weight excluding hydrogens is 184 g/mol. The summed E-state index contributed by atoms with van der Waals surface area (Å²) in [5.74, 6) is 1.89. The molecule has 0 saturated carbocycles. The topological polar surface area (TPSA) is 44.2 Å². The summed E-state index contributed by atoms with van der Waals surface area (Å²) in [7, 11) is -2.20. The molecule has 0 aliphatic carbocycles. The van der Waals surface area contributed by atoms with E-state index in [0.29, 0.717) is 11.5 Å². The Balaban J connectivity index is 2.26. The zero-order chi connectivity index (χ0) is 9.90. The molecule has 1 heterocycles. The van der Waals surface area contributed by atoms with Crippen LogP contribution in [0.15, 0.2) is 0 Å². The standard InChI is InChI=1S/C9H20N2OS/c1-9(2)3-4-11-5-7-13(10,12)8-6-11/h9-10H,3-8H2,1-2H3. The lowest BCUT2D eigenvalue weighted by Gasteiger charge is -2.28. The van der Waals surface area contributed by atoms with E-state index in [1.54, 1.807) is 0 Å². The van der Waals surface area contributed by atoms with Gasteiger partial charge in [0.25, 0.3) is 0 Å². The normalized spacial score (nSPS) is 23.6. The summed E-state index contributed by atoms with van der Waals surface area (Å²) < 4.78 is 18.8. The van der Waals surface area contributed by atoms with Gasteiger partial charge in [0.2, 0.25) is 0 Å². The molecule has 1 rings (SSSR count). The Hall–Kier alpha value is -0.0900. The van der Waals surface area contributed by atoms with E-state index in [9.17, 15) is 4.21 Å². The van der Waals surface area contributed by atoms with Crippen LogP contribution in [-0.2, 0) is 9.73 Å². The zero-order valence-corrected chi connectivity index (χ0v) is 9.40. The van der Waals surface area contributed by atoms with Crippen LogP contribution in [0.2, 0.25) is 0 Å². The molecule has 1 fully saturated rings. The molecule has 1 N–H and O–H groups in total. The molecule has 4 heteroatoms. The third kappa shape index (κ3) is 4.09. The summed E-state index contributed by atoms with van der Waals surface area (Å²) in [5.41, 5.74) is 0. The van der Waals surface area contributed by atoms with Gasteiger partial charge in [0.05, 0.1) is 0 Å². The first-order valence-corrected chi connectivity index (χ1v) is 6.86. The summed E-state index contributed by atoms with van der Waals surface area (Å²) in [5, 5.41) is 0. The van der Waals surface area contributed by atoms with Gasteiger partial charge in [0.1, 0.15) is 0 Å². The van der Waals surface area contributed by atoms with Gasteiger partial charge in [-0.25, -0.2) is 4.21 Å². The molecule has 1 aliphatic rings. The third-order valence-corrected chi connectivity index (χ3v) is 4.18. The van der Waals surface area contributed by atoms with Crippen LogP contribution in [0.4, 0.5) is 0 Å². The molecule has 0 aromatic carbocycles. The fourth-order valence-corrected chi connectivity index (χ4v) is 2.74. The first kappa shape index (κ1) is 11.0. The quantitative estimate of drug-likeness (QED) is 0.755. The summed E-state index contributed by atoms with van der Waals surface area (Å²) in [4.78, 5) is 2.33. The second-order valence-electron chi connectivity index (χ2n) is 4.24. The SMILES string of the molecule is CC(C)CCN1CCS(=N)(=O)CC1. The van der Waals surface area contributed by atoms with Crippen LogP contribution in [0.5, 0.6) is 0 Å². The third-order valence-electron chi connectivity index (χ3n) is 2.50. The van der Waals surface area contributed by atoms with Gasteiger partial charge in [-0.05, 0) is 18.9 Å². The molecule has 78 valence electrons. The molecule has 0 amide bonds. The number of rotatable bonds is 3. The van der Waals surface area contributed by atoms with Crippen LogP contribution >= 0.6 is 0 Å². The smallest absolute Gasteiger partial charge is 0.0466 e. The number of nitrogens with one attached hydrogen (secondary N) is 1. The monoisotopic (exact) mass is 204 g/mol. The Labute approximate surface area is 81.5 Å². The summed E-state index contributed by atoms with van der Waals surface area (Å²) in [6, 6.07) is 0. The van der Waals surface area contributed by atoms with E-state index in [1.165, 1.54) is 6.42 Å². The van der Waals surface area contributed by atoms with Crippen LogP contribution in [-0.4, -0.2) is 40.2 Å². The average Bonchev–Trinajstić information content (AvgIpc) is 2.02. The van der Waals surface area contributed by atoms with Crippen LogP contribution in [0.1, 0.15) is 20.3 Å². The van der Waals surface area contributed by atoms with E-state index in [4.69, 9.17) is 4.78 Å². The summed E-state index contributed by atoms with van der Waals surface area (Å²) in [6.07, 6.45) is 1.21. The van der Waals surface area contributed by atoms with Gasteiger partial charge in [-0.3, -0.25) is 4.78 Å². The Kier molecular flexibility index (Phi) is 3.74. The van der Waals surface area contributed by atoms with Gasteiger partial charge in [0, 0.05) is 34.3 Å². The zero-order valence-electron chi connectivity index (χ0n) is 8.58. The van der Waals surface area contributed by atoms with Crippen molar-refractivity contribution in [3.8, 4) is 0 Å². The molecule has 1 saturated heterocycles. The minimum absolute atomic E-state index is 0.574. The van der Waals surface area contributed by atoms with Gasteiger partial charge in [-0.15, -0.1) is 0 Å². The van der Waals surface area contributed by atoms with E-state index in [2.05, 4.69) is 18.7 Å². The van der Waals surface area contributed by atoms with Crippen molar-refractivity contribution < 1.29 is 4.21 Å². The largest absolute Gasteiger partial charge is 0.301 e. The van der Waals surface area contributed by atoms with E-state index >= 15 is 0 Å². The maximum atomic E-state index is 11.3. The second kappa shape index (κ2) is 4.42. The van der Waals surface area contributed by atoms with E-state index < -0.39 is 9.73 Å². The van der Waals surface area contributed by atoms with Crippen molar-refractivity contribution in [2.75, 3.05) is 31.1 Å². The molecule has 0 bridgehead atoms. The molecule has 3 nitrogen and oxygen atoms in total. The highest BCUT2D eigenvalue weighted by Crippen LogP contribution is 2.07. The van der Waals surface area contributed by atoms with Crippen LogP contribution < -0.4 is 0 Å². The first-order valence-electron chi connectivity index (χ1n) is 4.96. The number of hydrogen-bond donors (Lipinski definition) is 1. The predicted octanol–water partition coefficient (Wildman–Crippen LogP) is 1.39. The van der Waals surface area contributed by atoms with Crippen molar-refractivity contribution >= 4 is 9.73 Å². The van der Waals surface area contributed by atoms with Gasteiger partial charge < -0.3 is 4.90 Å². The predicted molar refractivity (Wildman–Crippen MR) is 56.5 cm³/mol. The lowest BCUT2D eigenvalue weighted by Crippen LogP contribution is -2.40. The van der Waals surface area contributed by atoms with E-state index in [1.807, 2.05) is 0 Å². The first-order chi connectivity index (χ1) is 5.99. The van der Waals surface area contributed by atoms with Gasteiger partial charge in [-0.1, -0.05) is 13.8 Å². The maximum Gasteiger partial charge on any atom is 0.0466 e. The van der Waals surface area contributed by atoms with Crippen LogP contribution in [0, 0.1) is 10.7 Å². The van der Waals surface area contributed by atoms with Crippen molar-refractivity contribution in [1.29, 1.82) is 4.78 Å². The summed E-state index contributed by atoms with van der Waals surface area (Å²) in [6.45, 7) is 7.26. The fraction of sp³-hybridized carbons (Fsp3) is 1.00. The van der Waals surface area contributed by atoms with Gasteiger partial charge in [0.15, 0.2) is 0 Å². The Morgan fingerprint density at radius 2 is 1.92 bits per heavy atom. The Bertz CT molecular complexity index is 232. The van der Waals surface area contributed by atoms with Crippen LogP contribution in [0.3, 0.4) is 0 Å². The molecule has 0 aromatic rings. The molecule has 1 aliphatic heterocycles. The van der Waals surface area contributed by atoms with E-state index in [-0.39, 0.29) is 0 Å². The molecule has 13 heavy (non-hydrogen) atoms. The van der Waals surface area contributed by atoms with Gasteiger partial charge in [-0.2, -0.15) is 0 Å². The van der Waals surface area contributed by atoms with Crippen molar-refractivity contribution in [2.24, 2.45) is 5.92 Å². The van der Waals surface area contributed by atoms with Crippen molar-refractivity contribution in [2.45, 2.75) is 20.3 Å². The highest BCUT2D eigenvalue weighted by molar-refractivity contribution is 7.92. The highest BCUT2D eigenvalue weighted by atomic mass is 32.2. The second-order valence-corrected chi connectivity index (χ2v) is 6.68. The van der Waals surface area contributed by atoms with Crippen molar-refractivity contribution in [1.82, 2.24) is 4.90 Å². The van der Waals surface area contributed by atoms with Crippen molar-refractivity contribution in [3.05, 3.63) is 0 Å². The highest BCUT2D eigenvalue weighted by Gasteiger charge is 2.18. The Morgan fingerprint density at radius 1 is 1.38 bits per heavy atom. The Morgan fingerprint density at radius 3 is 2.38 bits per heavy atom. The molecule has 0 radical (unpaired) electrons. The number of nitrogens with zero attached hydrogens (tertiary/aromatic N) is 1. The summed E-state index contributed by atoms with van der Waals surface area (Å²) >= 11 is 0. The van der Waals surface area contributed by atoms with Crippen LogP contribution in [0.25, 0.3) is 0 Å². The number of hydrogen-bond acceptors (Lipinski definition) is 3. The van der Waals surface area contributed by atoms with E-state index in [0.717, 1.165) is 25.6 Å².